The summed E-state index contributed by atoms with van der Waals surface area (Å²) in [6.45, 7) is 1.12. The van der Waals surface area contributed by atoms with Crippen LogP contribution in [0.4, 0.5) is 0 Å². The first-order valence-electron chi connectivity index (χ1n) is 7.53. The Bertz CT molecular complexity index is 858. The molecule has 1 heterocycles. The SMILES string of the molecule is NCc1c(-c2ccc(Cl)cc2Cl)ncn1CCc1ccccc1Cl. The second kappa shape index (κ2) is 7.58. The molecule has 0 saturated carbocycles. The number of hydrogen-bond donors (Lipinski definition) is 1. The lowest BCUT2D eigenvalue weighted by atomic mass is 10.1. The van der Waals surface area contributed by atoms with Gasteiger partial charge in [0.2, 0.25) is 0 Å². The number of aryl methyl sites for hydroxylation is 2. The highest BCUT2D eigenvalue weighted by Gasteiger charge is 2.15. The average Bonchev–Trinajstić information content (AvgIpc) is 2.97. The van der Waals surface area contributed by atoms with Crippen molar-refractivity contribution in [3.05, 3.63) is 75.1 Å². The molecule has 3 aromatic rings. The molecule has 0 radical (unpaired) electrons. The largest absolute Gasteiger partial charge is 0.333 e. The Kier molecular flexibility index (Phi) is 5.47. The van der Waals surface area contributed by atoms with Gasteiger partial charge in [0.15, 0.2) is 0 Å². The summed E-state index contributed by atoms with van der Waals surface area (Å²) in [5, 5.41) is 1.93. The summed E-state index contributed by atoms with van der Waals surface area (Å²) in [7, 11) is 0. The highest BCUT2D eigenvalue weighted by Crippen LogP contribution is 2.31. The molecule has 1 aromatic heterocycles. The van der Waals surface area contributed by atoms with Gasteiger partial charge in [0.05, 0.1) is 22.7 Å². The highest BCUT2D eigenvalue weighted by atomic mass is 35.5. The van der Waals surface area contributed by atoms with Crippen molar-refractivity contribution in [3.63, 3.8) is 0 Å². The zero-order valence-electron chi connectivity index (χ0n) is 12.8. The zero-order chi connectivity index (χ0) is 17.1. The van der Waals surface area contributed by atoms with E-state index in [9.17, 15) is 0 Å². The first-order chi connectivity index (χ1) is 11.6. The van der Waals surface area contributed by atoms with Gasteiger partial charge in [-0.05, 0) is 36.2 Å². The number of nitrogens with two attached hydrogens (primary N) is 1. The molecule has 124 valence electrons. The summed E-state index contributed by atoms with van der Waals surface area (Å²) in [6, 6.07) is 13.2. The van der Waals surface area contributed by atoms with Crippen LogP contribution < -0.4 is 5.73 Å². The number of nitrogens with zero attached hydrogens (tertiary/aromatic N) is 2. The Labute approximate surface area is 156 Å². The van der Waals surface area contributed by atoms with Gasteiger partial charge < -0.3 is 10.3 Å². The lowest BCUT2D eigenvalue weighted by Gasteiger charge is -2.10. The third-order valence-corrected chi connectivity index (χ3v) is 4.82. The molecule has 0 aliphatic carbocycles. The maximum Gasteiger partial charge on any atom is 0.0956 e. The molecule has 0 bridgehead atoms. The van der Waals surface area contributed by atoms with E-state index in [1.54, 1.807) is 18.5 Å². The molecule has 0 saturated heterocycles. The van der Waals surface area contributed by atoms with Gasteiger partial charge in [-0.3, -0.25) is 0 Å². The minimum atomic E-state index is 0.372. The maximum absolute atomic E-state index is 6.30. The zero-order valence-corrected chi connectivity index (χ0v) is 15.1. The van der Waals surface area contributed by atoms with Crippen LogP contribution in [-0.4, -0.2) is 9.55 Å². The number of aromatic nitrogens is 2. The van der Waals surface area contributed by atoms with E-state index < -0.39 is 0 Å². The minimum absolute atomic E-state index is 0.372. The van der Waals surface area contributed by atoms with Crippen LogP contribution in [0.15, 0.2) is 48.8 Å². The van der Waals surface area contributed by atoms with Crippen LogP contribution in [0.2, 0.25) is 15.1 Å². The van der Waals surface area contributed by atoms with Gasteiger partial charge in [-0.15, -0.1) is 0 Å². The van der Waals surface area contributed by atoms with Gasteiger partial charge in [-0.25, -0.2) is 4.98 Å². The lowest BCUT2D eigenvalue weighted by Crippen LogP contribution is -2.09. The van der Waals surface area contributed by atoms with E-state index in [1.165, 1.54) is 0 Å². The second-order valence-electron chi connectivity index (χ2n) is 5.40. The Morgan fingerprint density at radius 2 is 1.79 bits per heavy atom. The fraction of sp³-hybridized carbons (Fsp3) is 0.167. The second-order valence-corrected chi connectivity index (χ2v) is 6.65. The predicted molar refractivity (Wildman–Crippen MR) is 101 cm³/mol. The van der Waals surface area contributed by atoms with Gasteiger partial charge in [-0.2, -0.15) is 0 Å². The van der Waals surface area contributed by atoms with Crippen LogP contribution in [-0.2, 0) is 19.5 Å². The lowest BCUT2D eigenvalue weighted by molar-refractivity contribution is 0.661. The molecule has 0 atom stereocenters. The fourth-order valence-electron chi connectivity index (χ4n) is 2.66. The molecular weight excluding hydrogens is 365 g/mol. The normalized spacial score (nSPS) is 11.0. The molecule has 0 aliphatic heterocycles. The number of benzene rings is 2. The van der Waals surface area contributed by atoms with Crippen LogP contribution in [0.3, 0.4) is 0 Å². The molecule has 0 amide bonds. The molecule has 24 heavy (non-hydrogen) atoms. The minimum Gasteiger partial charge on any atom is -0.333 e. The van der Waals surface area contributed by atoms with E-state index in [4.69, 9.17) is 40.5 Å². The van der Waals surface area contributed by atoms with Crippen molar-refractivity contribution in [2.45, 2.75) is 19.5 Å². The van der Waals surface area contributed by atoms with Crippen molar-refractivity contribution < 1.29 is 0 Å². The summed E-state index contributed by atoms with van der Waals surface area (Å²) in [6.07, 6.45) is 2.59. The van der Waals surface area contributed by atoms with Crippen molar-refractivity contribution in [1.82, 2.24) is 9.55 Å². The summed E-state index contributed by atoms with van der Waals surface area (Å²) >= 11 is 18.5. The van der Waals surface area contributed by atoms with Gasteiger partial charge in [-0.1, -0.05) is 53.0 Å². The van der Waals surface area contributed by atoms with E-state index >= 15 is 0 Å². The van der Waals surface area contributed by atoms with Crippen molar-refractivity contribution >= 4 is 34.8 Å². The maximum atomic E-state index is 6.30. The van der Waals surface area contributed by atoms with Crippen LogP contribution in [0.25, 0.3) is 11.3 Å². The smallest absolute Gasteiger partial charge is 0.0956 e. The summed E-state index contributed by atoms with van der Waals surface area (Å²) in [5.41, 5.74) is 9.61. The van der Waals surface area contributed by atoms with Gasteiger partial charge in [0.1, 0.15) is 0 Å². The topological polar surface area (TPSA) is 43.8 Å². The summed E-state index contributed by atoms with van der Waals surface area (Å²) in [5.74, 6) is 0. The van der Waals surface area contributed by atoms with E-state index in [0.29, 0.717) is 16.6 Å². The summed E-state index contributed by atoms with van der Waals surface area (Å²) < 4.78 is 2.05. The van der Waals surface area contributed by atoms with Crippen molar-refractivity contribution in [1.29, 1.82) is 0 Å². The molecular formula is C18H16Cl3N3. The van der Waals surface area contributed by atoms with Crippen LogP contribution in [0.5, 0.6) is 0 Å². The Morgan fingerprint density at radius 1 is 1.00 bits per heavy atom. The average molecular weight is 381 g/mol. The number of rotatable bonds is 5. The predicted octanol–water partition coefficient (Wildman–Crippen LogP) is 5.21. The summed E-state index contributed by atoms with van der Waals surface area (Å²) in [4.78, 5) is 4.50. The van der Waals surface area contributed by atoms with E-state index in [0.717, 1.165) is 40.5 Å². The monoisotopic (exact) mass is 379 g/mol. The number of imidazole rings is 1. The first kappa shape index (κ1) is 17.3. The highest BCUT2D eigenvalue weighted by molar-refractivity contribution is 6.36. The third-order valence-electron chi connectivity index (χ3n) is 3.91. The Balaban J connectivity index is 1.88. The Hall–Kier alpha value is -1.52. The molecule has 0 aliphatic rings. The molecule has 2 N–H and O–H groups in total. The molecule has 3 rings (SSSR count). The van der Waals surface area contributed by atoms with E-state index in [1.807, 2.05) is 34.9 Å². The first-order valence-corrected chi connectivity index (χ1v) is 8.66. The van der Waals surface area contributed by atoms with E-state index in [2.05, 4.69) is 4.98 Å². The molecule has 0 spiro atoms. The third kappa shape index (κ3) is 3.60. The molecule has 3 nitrogen and oxygen atoms in total. The number of hydrogen-bond acceptors (Lipinski definition) is 2. The van der Waals surface area contributed by atoms with E-state index in [-0.39, 0.29) is 0 Å². The Morgan fingerprint density at radius 3 is 2.50 bits per heavy atom. The van der Waals surface area contributed by atoms with Crippen molar-refractivity contribution in [2.75, 3.05) is 0 Å². The van der Waals surface area contributed by atoms with Crippen molar-refractivity contribution in [2.24, 2.45) is 5.73 Å². The molecule has 0 unspecified atom stereocenters. The van der Waals surface area contributed by atoms with Crippen LogP contribution >= 0.6 is 34.8 Å². The van der Waals surface area contributed by atoms with Gasteiger partial charge in [0, 0.05) is 28.7 Å². The van der Waals surface area contributed by atoms with Crippen LogP contribution in [0, 0.1) is 0 Å². The fourth-order valence-corrected chi connectivity index (χ4v) is 3.39. The quantitative estimate of drug-likeness (QED) is 0.660. The van der Waals surface area contributed by atoms with Gasteiger partial charge in [0.25, 0.3) is 0 Å². The van der Waals surface area contributed by atoms with Crippen LogP contribution in [0.1, 0.15) is 11.3 Å². The number of halogens is 3. The molecule has 2 aromatic carbocycles. The van der Waals surface area contributed by atoms with Gasteiger partial charge >= 0.3 is 0 Å². The molecule has 6 heteroatoms. The molecule has 0 fully saturated rings. The van der Waals surface area contributed by atoms with Crippen molar-refractivity contribution in [3.8, 4) is 11.3 Å². The standard InChI is InChI=1S/C18H16Cl3N3/c19-13-5-6-14(16(21)9-13)18-17(10-22)24(11-23-18)8-7-12-3-1-2-4-15(12)20/h1-6,9,11H,7-8,10,22H2.